The van der Waals surface area contributed by atoms with Gasteiger partial charge >= 0.3 is 0 Å². The molecule has 0 aromatic heterocycles. The number of benzene rings is 1. The van der Waals surface area contributed by atoms with Gasteiger partial charge in [-0.1, -0.05) is 30.3 Å². The van der Waals surface area contributed by atoms with Crippen molar-refractivity contribution >= 4 is 5.78 Å². The molecule has 0 aliphatic carbocycles. The van der Waals surface area contributed by atoms with E-state index < -0.39 is 0 Å². The highest BCUT2D eigenvalue weighted by Gasteiger charge is 1.94. The van der Waals surface area contributed by atoms with Crippen molar-refractivity contribution in [1.82, 2.24) is 0 Å². The van der Waals surface area contributed by atoms with Crippen LogP contribution in [0.3, 0.4) is 0 Å². The zero-order chi connectivity index (χ0) is 10.8. The second kappa shape index (κ2) is 8.45. The zero-order valence-electron chi connectivity index (χ0n) is 9.12. The molecule has 0 spiro atoms. The van der Waals surface area contributed by atoms with Crippen LogP contribution in [-0.4, -0.2) is 20.0 Å². The van der Waals surface area contributed by atoms with Gasteiger partial charge in [0.2, 0.25) is 0 Å². The van der Waals surface area contributed by atoms with E-state index in [-0.39, 0.29) is 5.78 Å². The fourth-order valence-electron chi connectivity index (χ4n) is 0.965. The molecule has 0 radical (unpaired) electrons. The van der Waals surface area contributed by atoms with Gasteiger partial charge in [0.25, 0.3) is 0 Å². The number of Topliss-reactive ketones (excluding diaryl/α,β-unsaturated/α-hetero) is 1. The molecule has 0 N–H and O–H groups in total. The Bertz CT molecular complexity index is 242. The fourth-order valence-corrected chi connectivity index (χ4v) is 0.965. The number of carbonyl (C=O) groups excluding carboxylic acids is 1. The van der Waals surface area contributed by atoms with Crippen LogP contribution in [0.15, 0.2) is 30.3 Å². The average molecular weight is 194 g/mol. The lowest BCUT2D eigenvalue weighted by molar-refractivity contribution is -0.116. The van der Waals surface area contributed by atoms with Crippen LogP contribution in [0.25, 0.3) is 0 Å². The number of hydrogen-bond donors (Lipinski definition) is 0. The van der Waals surface area contributed by atoms with Crippen molar-refractivity contribution in [2.24, 2.45) is 0 Å². The largest absolute Gasteiger partial charge is 0.388 e. The summed E-state index contributed by atoms with van der Waals surface area (Å²) < 4.78 is 4.25. The molecule has 2 heteroatoms. The maximum Gasteiger partial charge on any atom is 0.130 e. The van der Waals surface area contributed by atoms with Crippen molar-refractivity contribution in [1.29, 1.82) is 0 Å². The molecule has 14 heavy (non-hydrogen) atoms. The number of ketones is 1. The van der Waals surface area contributed by atoms with E-state index in [9.17, 15) is 4.79 Å². The summed E-state index contributed by atoms with van der Waals surface area (Å²) in [7, 11) is 3.25. The molecule has 2 nitrogen and oxygen atoms in total. The molecular formula is C12H18O2. The predicted octanol–water partition coefficient (Wildman–Crippen LogP) is 2.47. The highest BCUT2D eigenvalue weighted by molar-refractivity contribution is 5.75. The van der Waals surface area contributed by atoms with Gasteiger partial charge in [-0.25, -0.2) is 0 Å². The van der Waals surface area contributed by atoms with E-state index in [4.69, 9.17) is 0 Å². The van der Waals surface area contributed by atoms with E-state index in [2.05, 4.69) is 4.74 Å². The molecule has 1 rings (SSSR count). The molecule has 1 aromatic rings. The summed E-state index contributed by atoms with van der Waals surface area (Å²) in [5.41, 5.74) is 1.24. The van der Waals surface area contributed by atoms with Crippen LogP contribution >= 0.6 is 0 Å². The molecule has 0 saturated carbocycles. The number of ether oxygens (including phenoxy) is 1. The van der Waals surface area contributed by atoms with Crippen LogP contribution in [0.4, 0.5) is 0 Å². The lowest BCUT2D eigenvalue weighted by atomic mass is 10.1. The summed E-state index contributed by atoms with van der Waals surface area (Å²) in [6, 6.07) is 10.1. The molecule has 78 valence electrons. The van der Waals surface area contributed by atoms with Crippen molar-refractivity contribution < 1.29 is 9.53 Å². The van der Waals surface area contributed by atoms with Gasteiger partial charge in [-0.3, -0.25) is 0 Å². The van der Waals surface area contributed by atoms with Crippen molar-refractivity contribution in [3.05, 3.63) is 35.9 Å². The lowest BCUT2D eigenvalue weighted by Gasteiger charge is -1.96. The standard InChI is InChI=1S/C10H12O.C2H6O/c1-9(11)7-8-10-5-3-2-4-6-10;1-3-2/h2-6H,7-8H2,1H3;1-2H3. The zero-order valence-corrected chi connectivity index (χ0v) is 9.12. The first-order chi connectivity index (χ1) is 6.70. The van der Waals surface area contributed by atoms with Gasteiger partial charge in [-0.05, 0) is 18.9 Å². The molecule has 0 aliphatic heterocycles. The number of methoxy groups -OCH3 is 1. The Morgan fingerprint density at radius 1 is 1.21 bits per heavy atom. The topological polar surface area (TPSA) is 26.3 Å². The molecule has 0 amide bonds. The highest BCUT2D eigenvalue weighted by atomic mass is 16.4. The Labute approximate surface area is 85.9 Å². The average Bonchev–Trinajstić information content (AvgIpc) is 2.18. The number of carbonyl (C=O) groups is 1. The summed E-state index contributed by atoms with van der Waals surface area (Å²) in [6.45, 7) is 1.63. The summed E-state index contributed by atoms with van der Waals surface area (Å²) in [5, 5.41) is 0. The first-order valence-corrected chi connectivity index (χ1v) is 4.64. The first kappa shape index (κ1) is 12.8. The molecule has 0 aliphatic rings. The summed E-state index contributed by atoms with van der Waals surface area (Å²) in [5.74, 6) is 0.258. The van der Waals surface area contributed by atoms with E-state index in [1.165, 1.54) is 5.56 Å². The van der Waals surface area contributed by atoms with E-state index in [0.717, 1.165) is 6.42 Å². The fraction of sp³-hybridized carbons (Fsp3) is 0.417. The molecule has 0 unspecified atom stereocenters. The number of aryl methyl sites for hydroxylation is 1. The van der Waals surface area contributed by atoms with E-state index in [0.29, 0.717) is 6.42 Å². The Kier molecular flexibility index (Phi) is 7.75. The summed E-state index contributed by atoms with van der Waals surface area (Å²) in [4.78, 5) is 10.6. The van der Waals surface area contributed by atoms with Crippen LogP contribution in [-0.2, 0) is 16.0 Å². The minimum atomic E-state index is 0.258. The molecular weight excluding hydrogens is 176 g/mol. The number of hydrogen-bond acceptors (Lipinski definition) is 2. The van der Waals surface area contributed by atoms with E-state index in [1.54, 1.807) is 21.1 Å². The minimum absolute atomic E-state index is 0.258. The third-order valence-corrected chi connectivity index (χ3v) is 1.61. The Morgan fingerprint density at radius 3 is 2.14 bits per heavy atom. The Morgan fingerprint density at radius 2 is 1.71 bits per heavy atom. The van der Waals surface area contributed by atoms with Crippen molar-refractivity contribution in [2.75, 3.05) is 14.2 Å². The Hall–Kier alpha value is -1.15. The van der Waals surface area contributed by atoms with Crippen LogP contribution in [0.1, 0.15) is 18.9 Å². The summed E-state index contributed by atoms with van der Waals surface area (Å²) in [6.07, 6.45) is 1.53. The second-order valence-electron chi connectivity index (χ2n) is 3.10. The molecule has 0 atom stereocenters. The molecule has 1 aromatic carbocycles. The minimum Gasteiger partial charge on any atom is -0.388 e. The second-order valence-corrected chi connectivity index (χ2v) is 3.10. The van der Waals surface area contributed by atoms with Gasteiger partial charge in [-0.2, -0.15) is 0 Å². The van der Waals surface area contributed by atoms with Crippen molar-refractivity contribution in [3.63, 3.8) is 0 Å². The van der Waals surface area contributed by atoms with Crippen LogP contribution in [0.2, 0.25) is 0 Å². The van der Waals surface area contributed by atoms with Crippen LogP contribution < -0.4 is 0 Å². The normalized spacial score (nSPS) is 8.79. The SMILES string of the molecule is CC(=O)CCc1ccccc1.COC. The van der Waals surface area contributed by atoms with Crippen molar-refractivity contribution in [2.45, 2.75) is 19.8 Å². The monoisotopic (exact) mass is 194 g/mol. The quantitative estimate of drug-likeness (QED) is 0.739. The molecule has 0 bridgehead atoms. The molecule has 0 saturated heterocycles. The predicted molar refractivity (Wildman–Crippen MR) is 58.4 cm³/mol. The summed E-state index contributed by atoms with van der Waals surface area (Å²) >= 11 is 0. The third-order valence-electron chi connectivity index (χ3n) is 1.61. The van der Waals surface area contributed by atoms with Crippen LogP contribution in [0, 0.1) is 0 Å². The van der Waals surface area contributed by atoms with Gasteiger partial charge in [-0.15, -0.1) is 0 Å². The van der Waals surface area contributed by atoms with Crippen molar-refractivity contribution in [3.8, 4) is 0 Å². The first-order valence-electron chi connectivity index (χ1n) is 4.64. The molecule has 0 fully saturated rings. The van der Waals surface area contributed by atoms with Gasteiger partial charge in [0.15, 0.2) is 0 Å². The lowest BCUT2D eigenvalue weighted by Crippen LogP contribution is -1.92. The van der Waals surface area contributed by atoms with Crippen LogP contribution in [0.5, 0.6) is 0 Å². The van der Waals surface area contributed by atoms with E-state index in [1.807, 2.05) is 30.3 Å². The van der Waals surface area contributed by atoms with Gasteiger partial charge in [0.1, 0.15) is 5.78 Å². The molecule has 0 heterocycles. The van der Waals surface area contributed by atoms with Gasteiger partial charge in [0, 0.05) is 20.6 Å². The van der Waals surface area contributed by atoms with Gasteiger partial charge in [0.05, 0.1) is 0 Å². The maximum absolute atomic E-state index is 10.6. The van der Waals surface area contributed by atoms with E-state index >= 15 is 0 Å². The Balaban J connectivity index is 0.000000500. The van der Waals surface area contributed by atoms with Gasteiger partial charge < -0.3 is 9.53 Å². The number of rotatable bonds is 3. The third kappa shape index (κ3) is 7.50. The maximum atomic E-state index is 10.6. The smallest absolute Gasteiger partial charge is 0.130 e. The highest BCUT2D eigenvalue weighted by Crippen LogP contribution is 2.01.